The first-order chi connectivity index (χ1) is 14.4. The Hall–Kier alpha value is -2.08. The molecule has 0 aliphatic heterocycles. The number of nitrogens with one attached hydrogen (secondary N) is 2. The summed E-state index contributed by atoms with van der Waals surface area (Å²) in [6.07, 6.45) is -2.92. The number of benzene rings is 1. The molecule has 0 saturated heterocycles. The molecule has 0 saturated carbocycles. The number of rotatable bonds is 10. The highest BCUT2D eigenvalue weighted by molar-refractivity contribution is 14.0. The smallest absolute Gasteiger partial charge is 0.422 e. The van der Waals surface area contributed by atoms with Gasteiger partial charge in [0.1, 0.15) is 0 Å². The third kappa shape index (κ3) is 11.8. The van der Waals surface area contributed by atoms with E-state index in [0.717, 1.165) is 11.1 Å². The predicted octanol–water partition coefficient (Wildman–Crippen LogP) is 4.16. The Balaban J connectivity index is 0.00000480. The summed E-state index contributed by atoms with van der Waals surface area (Å²) in [5, 5.41) is 6.36. The molecule has 1 atom stereocenters. The fraction of sp³-hybridized carbons (Fsp3) is 0.429. The Labute approximate surface area is 197 Å². The normalized spacial score (nSPS) is 12.6. The van der Waals surface area contributed by atoms with Gasteiger partial charge in [-0.25, -0.2) is 4.98 Å². The topological polar surface area (TPSA) is 67.8 Å². The van der Waals surface area contributed by atoms with Crippen molar-refractivity contribution in [2.45, 2.75) is 26.3 Å². The second-order valence-electron chi connectivity index (χ2n) is 6.82. The van der Waals surface area contributed by atoms with E-state index in [1.165, 1.54) is 12.3 Å². The summed E-state index contributed by atoms with van der Waals surface area (Å²) in [5.74, 6) is 0.823. The molecular formula is C21H28F3IN4O2. The van der Waals surface area contributed by atoms with E-state index in [1.807, 2.05) is 30.3 Å². The molecule has 10 heteroatoms. The van der Waals surface area contributed by atoms with Crippen molar-refractivity contribution >= 4 is 29.9 Å². The van der Waals surface area contributed by atoms with Crippen LogP contribution in [0.5, 0.6) is 5.88 Å². The van der Waals surface area contributed by atoms with Gasteiger partial charge in [0.2, 0.25) is 5.88 Å². The zero-order valence-electron chi connectivity index (χ0n) is 17.5. The summed E-state index contributed by atoms with van der Waals surface area (Å²) >= 11 is 0. The summed E-state index contributed by atoms with van der Waals surface area (Å²) in [5.41, 5.74) is 1.93. The summed E-state index contributed by atoms with van der Waals surface area (Å²) in [6.45, 7) is 3.01. The minimum Gasteiger partial charge on any atom is -0.468 e. The van der Waals surface area contributed by atoms with Crippen LogP contribution in [-0.4, -0.2) is 43.9 Å². The summed E-state index contributed by atoms with van der Waals surface area (Å²) in [6, 6.07) is 13.1. The highest BCUT2D eigenvalue weighted by Gasteiger charge is 2.28. The van der Waals surface area contributed by atoms with E-state index in [4.69, 9.17) is 4.74 Å². The van der Waals surface area contributed by atoms with Crippen LogP contribution in [0.2, 0.25) is 0 Å². The molecule has 2 rings (SSSR count). The van der Waals surface area contributed by atoms with E-state index in [-0.39, 0.29) is 35.8 Å². The monoisotopic (exact) mass is 552 g/mol. The van der Waals surface area contributed by atoms with Crippen molar-refractivity contribution in [3.63, 3.8) is 0 Å². The fourth-order valence-corrected chi connectivity index (χ4v) is 2.45. The molecule has 0 spiro atoms. The standard InChI is InChI=1S/C21H27F3N4O2.HI/c1-16(13-29-14-17-6-4-3-5-7-17)10-27-20(25-2)28-12-18-8-9-19(26-11-18)30-15-21(22,23)24;/h3-9,11,16H,10,12-15H2,1-2H3,(H2,25,27,28);1H. The summed E-state index contributed by atoms with van der Waals surface area (Å²) in [4.78, 5) is 8.04. The number of pyridine rings is 1. The van der Waals surface area contributed by atoms with Crippen molar-refractivity contribution in [3.05, 3.63) is 59.8 Å². The van der Waals surface area contributed by atoms with Crippen molar-refractivity contribution < 1.29 is 22.6 Å². The van der Waals surface area contributed by atoms with Crippen LogP contribution in [-0.2, 0) is 17.9 Å². The van der Waals surface area contributed by atoms with E-state index >= 15 is 0 Å². The van der Waals surface area contributed by atoms with E-state index in [0.29, 0.717) is 32.3 Å². The SMILES string of the molecule is CN=C(NCc1ccc(OCC(F)(F)F)nc1)NCC(C)COCc1ccccc1.I. The first-order valence-corrected chi connectivity index (χ1v) is 9.56. The van der Waals surface area contributed by atoms with Gasteiger partial charge in [-0.05, 0) is 17.0 Å². The van der Waals surface area contributed by atoms with Crippen molar-refractivity contribution in [3.8, 4) is 5.88 Å². The Morgan fingerprint density at radius 3 is 2.45 bits per heavy atom. The fourth-order valence-electron chi connectivity index (χ4n) is 2.45. The number of nitrogens with zero attached hydrogens (tertiary/aromatic N) is 2. The molecule has 0 aliphatic carbocycles. The van der Waals surface area contributed by atoms with E-state index in [2.05, 4.69) is 32.3 Å². The van der Waals surface area contributed by atoms with Crippen LogP contribution in [0.4, 0.5) is 13.2 Å². The number of ether oxygens (including phenoxy) is 2. The van der Waals surface area contributed by atoms with Gasteiger partial charge in [-0.1, -0.05) is 43.3 Å². The molecular weight excluding hydrogens is 524 g/mol. The zero-order valence-corrected chi connectivity index (χ0v) is 19.8. The van der Waals surface area contributed by atoms with Gasteiger partial charge in [-0.2, -0.15) is 13.2 Å². The lowest BCUT2D eigenvalue weighted by Gasteiger charge is -2.16. The number of aromatic nitrogens is 1. The van der Waals surface area contributed by atoms with E-state index in [1.54, 1.807) is 13.1 Å². The minimum atomic E-state index is -4.39. The predicted molar refractivity (Wildman–Crippen MR) is 125 cm³/mol. The minimum absolute atomic E-state index is 0. The van der Waals surface area contributed by atoms with Gasteiger partial charge in [0.25, 0.3) is 0 Å². The largest absolute Gasteiger partial charge is 0.468 e. The molecule has 0 radical (unpaired) electrons. The molecule has 31 heavy (non-hydrogen) atoms. The van der Waals surface area contributed by atoms with Crippen molar-refractivity contribution in [1.29, 1.82) is 0 Å². The number of halogens is 4. The summed E-state index contributed by atoms with van der Waals surface area (Å²) in [7, 11) is 1.66. The van der Waals surface area contributed by atoms with Crippen LogP contribution < -0.4 is 15.4 Å². The molecule has 1 heterocycles. The molecule has 2 aromatic rings. The van der Waals surface area contributed by atoms with Crippen LogP contribution in [0, 0.1) is 5.92 Å². The maximum Gasteiger partial charge on any atom is 0.422 e. The second kappa shape index (κ2) is 14.1. The van der Waals surface area contributed by atoms with Crippen molar-refractivity contribution in [2.75, 3.05) is 26.8 Å². The van der Waals surface area contributed by atoms with E-state index in [9.17, 15) is 13.2 Å². The highest BCUT2D eigenvalue weighted by Crippen LogP contribution is 2.17. The molecule has 0 bridgehead atoms. The van der Waals surface area contributed by atoms with Gasteiger partial charge in [-0.3, -0.25) is 4.99 Å². The lowest BCUT2D eigenvalue weighted by atomic mass is 10.2. The number of aliphatic imine (C=N–C) groups is 1. The molecule has 2 N–H and O–H groups in total. The molecule has 0 fully saturated rings. The van der Waals surface area contributed by atoms with E-state index < -0.39 is 12.8 Å². The van der Waals surface area contributed by atoms with Crippen LogP contribution in [0.3, 0.4) is 0 Å². The third-order valence-electron chi connectivity index (χ3n) is 4.00. The number of hydrogen-bond acceptors (Lipinski definition) is 4. The lowest BCUT2D eigenvalue weighted by molar-refractivity contribution is -0.154. The van der Waals surface area contributed by atoms with Crippen molar-refractivity contribution in [1.82, 2.24) is 15.6 Å². The van der Waals surface area contributed by atoms with Crippen molar-refractivity contribution in [2.24, 2.45) is 10.9 Å². The molecule has 1 aromatic carbocycles. The average molecular weight is 552 g/mol. The highest BCUT2D eigenvalue weighted by atomic mass is 127. The second-order valence-corrected chi connectivity index (χ2v) is 6.82. The van der Waals surface area contributed by atoms with Crippen LogP contribution in [0.15, 0.2) is 53.7 Å². The van der Waals surface area contributed by atoms with Crippen LogP contribution >= 0.6 is 24.0 Å². The Bertz CT molecular complexity index is 774. The molecule has 172 valence electrons. The quantitative estimate of drug-likeness (QED) is 0.264. The van der Waals surface area contributed by atoms with Gasteiger partial charge >= 0.3 is 6.18 Å². The average Bonchev–Trinajstić information content (AvgIpc) is 2.73. The van der Waals surface area contributed by atoms with Crippen LogP contribution in [0.25, 0.3) is 0 Å². The van der Waals surface area contributed by atoms with Crippen LogP contribution in [0.1, 0.15) is 18.1 Å². The Kier molecular flexibility index (Phi) is 12.2. The Morgan fingerprint density at radius 2 is 1.84 bits per heavy atom. The first kappa shape index (κ1) is 27.0. The van der Waals surface area contributed by atoms with Gasteiger partial charge in [-0.15, -0.1) is 24.0 Å². The lowest BCUT2D eigenvalue weighted by Crippen LogP contribution is -2.39. The molecule has 0 amide bonds. The van der Waals surface area contributed by atoms with Gasteiger partial charge in [0.15, 0.2) is 12.6 Å². The third-order valence-corrected chi connectivity index (χ3v) is 4.00. The maximum absolute atomic E-state index is 12.2. The molecule has 0 aliphatic rings. The van der Waals surface area contributed by atoms with Gasteiger partial charge in [0.05, 0.1) is 13.2 Å². The summed E-state index contributed by atoms with van der Waals surface area (Å²) < 4.78 is 46.8. The molecule has 1 aromatic heterocycles. The molecule has 1 unspecified atom stereocenters. The van der Waals surface area contributed by atoms with Gasteiger partial charge < -0.3 is 20.1 Å². The maximum atomic E-state index is 12.2. The Morgan fingerprint density at radius 1 is 1.10 bits per heavy atom. The number of hydrogen-bond donors (Lipinski definition) is 2. The van der Waals surface area contributed by atoms with Gasteiger partial charge in [0, 0.05) is 32.4 Å². The molecule has 6 nitrogen and oxygen atoms in total. The number of guanidine groups is 1. The number of alkyl halides is 3. The first-order valence-electron chi connectivity index (χ1n) is 9.56. The zero-order chi connectivity index (χ0) is 21.8.